The lowest BCUT2D eigenvalue weighted by atomic mass is 10.1. The van der Waals surface area contributed by atoms with Gasteiger partial charge in [-0.3, -0.25) is 0 Å². The number of benzene rings is 2. The van der Waals surface area contributed by atoms with Crippen LogP contribution in [0.5, 0.6) is 0 Å². The van der Waals surface area contributed by atoms with E-state index < -0.39 is 0 Å². The van der Waals surface area contributed by atoms with Crippen LogP contribution in [0.3, 0.4) is 0 Å². The van der Waals surface area contributed by atoms with Crippen LogP contribution >= 0.6 is 15.9 Å². The molecule has 3 aromatic rings. The van der Waals surface area contributed by atoms with Crippen LogP contribution in [-0.2, 0) is 0 Å². The number of aromatic nitrogens is 2. The normalized spacial score (nSPS) is 11.1. The molecule has 0 bridgehead atoms. The molecule has 2 aromatic carbocycles. The van der Waals surface area contributed by atoms with Gasteiger partial charge in [0.2, 0.25) is 0 Å². The summed E-state index contributed by atoms with van der Waals surface area (Å²) in [7, 11) is 0. The van der Waals surface area contributed by atoms with Crippen molar-refractivity contribution in [3.05, 3.63) is 52.1 Å². The highest BCUT2D eigenvalue weighted by atomic mass is 79.9. The molecule has 3 nitrogen and oxygen atoms in total. The van der Waals surface area contributed by atoms with Crippen LogP contribution in [0.25, 0.3) is 21.8 Å². The molecule has 1 aromatic heterocycles. The Morgan fingerprint density at radius 3 is 2.75 bits per heavy atom. The van der Waals surface area contributed by atoms with Gasteiger partial charge in [0.25, 0.3) is 5.52 Å². The fraction of sp³-hybridized carbons (Fsp3) is 0. The molecule has 0 atom stereocenters. The lowest BCUT2D eigenvalue weighted by Crippen LogP contribution is -2.31. The first-order valence-electron chi connectivity index (χ1n) is 4.83. The predicted molar refractivity (Wildman–Crippen MR) is 65.9 cm³/mol. The van der Waals surface area contributed by atoms with E-state index >= 15 is 0 Å². The second-order valence-corrected chi connectivity index (χ2v) is 4.47. The molecule has 0 fully saturated rings. The van der Waals surface area contributed by atoms with Crippen molar-refractivity contribution in [3.63, 3.8) is 0 Å². The van der Waals surface area contributed by atoms with Crippen LogP contribution in [0.4, 0.5) is 0 Å². The van der Waals surface area contributed by atoms with Gasteiger partial charge in [0, 0.05) is 21.0 Å². The van der Waals surface area contributed by atoms with E-state index in [0.29, 0.717) is 15.9 Å². The summed E-state index contributed by atoms with van der Waals surface area (Å²) >= 11 is 3.41. The van der Waals surface area contributed by atoms with Crippen molar-refractivity contribution in [1.29, 1.82) is 0 Å². The Kier molecular flexibility index (Phi) is 2.04. The topological polar surface area (TPSA) is 39.8 Å². The fourth-order valence-electron chi connectivity index (χ4n) is 1.83. The average Bonchev–Trinajstić information content (AvgIpc) is 2.29. The summed E-state index contributed by atoms with van der Waals surface area (Å²) in [5.74, 6) is 0. The van der Waals surface area contributed by atoms with Gasteiger partial charge in [0.15, 0.2) is 0 Å². The van der Waals surface area contributed by atoms with Gasteiger partial charge in [-0.05, 0) is 23.0 Å². The second kappa shape index (κ2) is 3.42. The van der Waals surface area contributed by atoms with Crippen LogP contribution in [0.1, 0.15) is 0 Å². The molecular formula is C12H7BrN2O. The first-order valence-corrected chi connectivity index (χ1v) is 5.63. The predicted octanol–water partition coefficient (Wildman–Crippen LogP) is 2.78. The quantitative estimate of drug-likeness (QED) is 0.359. The Bertz CT molecular complexity index is 697. The Labute approximate surface area is 100 Å². The summed E-state index contributed by atoms with van der Waals surface area (Å²) in [4.78, 5) is 0.671. The van der Waals surface area contributed by atoms with Gasteiger partial charge >= 0.3 is 0 Å². The minimum atomic E-state index is 0.585. The van der Waals surface area contributed by atoms with Gasteiger partial charge in [-0.2, -0.15) is 0 Å². The van der Waals surface area contributed by atoms with Crippen molar-refractivity contribution >= 4 is 37.7 Å². The van der Waals surface area contributed by atoms with Crippen LogP contribution in [0, 0.1) is 5.21 Å². The molecule has 0 amide bonds. The van der Waals surface area contributed by atoms with Gasteiger partial charge in [-0.15, -0.1) is 0 Å². The summed E-state index contributed by atoms with van der Waals surface area (Å²) in [6.07, 6.45) is 0. The largest absolute Gasteiger partial charge is 0.594 e. The molecule has 0 saturated carbocycles. The molecule has 0 saturated heterocycles. The van der Waals surface area contributed by atoms with Gasteiger partial charge in [0.1, 0.15) is 5.52 Å². The van der Waals surface area contributed by atoms with Crippen LogP contribution in [0.15, 0.2) is 46.9 Å². The number of halogens is 1. The van der Waals surface area contributed by atoms with E-state index in [-0.39, 0.29) is 0 Å². The van der Waals surface area contributed by atoms with Gasteiger partial charge in [0.05, 0.1) is 5.39 Å². The Morgan fingerprint density at radius 1 is 1.06 bits per heavy atom. The fourth-order valence-corrected chi connectivity index (χ4v) is 2.19. The van der Waals surface area contributed by atoms with Crippen LogP contribution < -0.4 is 4.85 Å². The van der Waals surface area contributed by atoms with E-state index in [2.05, 4.69) is 21.0 Å². The molecule has 3 rings (SSSR count). The highest BCUT2D eigenvalue weighted by molar-refractivity contribution is 9.10. The van der Waals surface area contributed by atoms with E-state index in [4.69, 9.17) is 0 Å². The molecule has 4 heteroatoms. The average molecular weight is 275 g/mol. The smallest absolute Gasteiger partial charge is 0.252 e. The zero-order valence-corrected chi connectivity index (χ0v) is 9.81. The third kappa shape index (κ3) is 1.34. The monoisotopic (exact) mass is 274 g/mol. The number of hydrogen-bond acceptors (Lipinski definition) is 2. The third-order valence-electron chi connectivity index (χ3n) is 2.56. The van der Waals surface area contributed by atoms with E-state index in [1.165, 1.54) is 0 Å². The lowest BCUT2D eigenvalue weighted by molar-refractivity contribution is -0.639. The van der Waals surface area contributed by atoms with E-state index in [1.54, 1.807) is 6.07 Å². The van der Waals surface area contributed by atoms with Crippen molar-refractivity contribution in [2.45, 2.75) is 0 Å². The number of rotatable bonds is 0. The number of nitrogens with zero attached hydrogens (tertiary/aromatic N) is 2. The maximum Gasteiger partial charge on any atom is 0.252 e. The molecule has 0 aliphatic heterocycles. The highest BCUT2D eigenvalue weighted by Crippen LogP contribution is 2.23. The zero-order chi connectivity index (χ0) is 11.1. The second-order valence-electron chi connectivity index (χ2n) is 3.55. The molecule has 0 N–H and O–H groups in total. The van der Waals surface area contributed by atoms with Gasteiger partial charge in [-0.1, -0.05) is 34.1 Å². The maximum absolute atomic E-state index is 11.7. The molecule has 0 unspecified atom stereocenters. The van der Waals surface area contributed by atoms with Crippen molar-refractivity contribution in [2.75, 3.05) is 0 Å². The summed E-state index contributed by atoms with van der Waals surface area (Å²) < 4.78 is 0.955. The first-order chi connectivity index (χ1) is 7.75. The van der Waals surface area contributed by atoms with E-state index in [9.17, 15) is 5.21 Å². The van der Waals surface area contributed by atoms with Crippen LogP contribution in [-0.4, -0.2) is 5.10 Å². The minimum absolute atomic E-state index is 0.585. The third-order valence-corrected chi connectivity index (χ3v) is 3.05. The van der Waals surface area contributed by atoms with Crippen molar-refractivity contribution in [2.24, 2.45) is 0 Å². The Hall–Kier alpha value is -1.68. The minimum Gasteiger partial charge on any atom is -0.594 e. The SMILES string of the molecule is [O-][n+]1nc2ccccc2c2cc(Br)ccc21. The standard InChI is InChI=1S/C12H7BrN2O/c13-8-5-6-12-10(7-8)9-3-1-2-4-11(9)14-15(12)16/h1-7H. The highest BCUT2D eigenvalue weighted by Gasteiger charge is 2.10. The molecule has 78 valence electrons. The Morgan fingerprint density at radius 2 is 1.88 bits per heavy atom. The number of fused-ring (bicyclic) bond motifs is 3. The van der Waals surface area contributed by atoms with Crippen molar-refractivity contribution in [1.82, 2.24) is 5.10 Å². The molecule has 0 radical (unpaired) electrons. The van der Waals surface area contributed by atoms with Crippen molar-refractivity contribution < 1.29 is 4.85 Å². The van der Waals surface area contributed by atoms with Crippen molar-refractivity contribution in [3.8, 4) is 0 Å². The summed E-state index contributed by atoms with van der Waals surface area (Å²) in [5.41, 5.74) is 1.30. The maximum atomic E-state index is 11.7. The molecule has 0 spiro atoms. The van der Waals surface area contributed by atoms with Gasteiger partial charge < -0.3 is 5.21 Å². The first kappa shape index (κ1) is 9.54. The molecule has 1 heterocycles. The zero-order valence-electron chi connectivity index (χ0n) is 8.22. The van der Waals surface area contributed by atoms with Crippen LogP contribution in [0.2, 0.25) is 0 Å². The lowest BCUT2D eigenvalue weighted by Gasteiger charge is -2.03. The summed E-state index contributed by atoms with van der Waals surface area (Å²) in [6, 6.07) is 13.2. The molecule has 0 aliphatic carbocycles. The number of hydrogen-bond donors (Lipinski definition) is 0. The van der Waals surface area contributed by atoms with E-state index in [1.807, 2.05) is 36.4 Å². The summed E-state index contributed by atoms with van der Waals surface area (Å²) in [5, 5.41) is 17.6. The van der Waals surface area contributed by atoms with Gasteiger partial charge in [-0.25, -0.2) is 0 Å². The molecular weight excluding hydrogens is 268 g/mol. The summed E-state index contributed by atoms with van der Waals surface area (Å²) in [6.45, 7) is 0. The Balaban J connectivity index is 2.61. The molecule has 16 heavy (non-hydrogen) atoms. The van der Waals surface area contributed by atoms with E-state index in [0.717, 1.165) is 15.2 Å². The molecule has 0 aliphatic rings.